The average molecular weight is 1790 g/mol. The summed E-state index contributed by atoms with van der Waals surface area (Å²) in [6, 6.07) is 118. The van der Waals surface area contributed by atoms with Gasteiger partial charge < -0.3 is 9.64 Å². The van der Waals surface area contributed by atoms with E-state index in [2.05, 4.69) is 385 Å². The number of rotatable bonds is 34. The first-order valence-electron chi connectivity index (χ1n) is 53.3. The van der Waals surface area contributed by atoms with Crippen molar-refractivity contribution in [3.8, 4) is 145 Å². The number of ether oxygens (including phenoxy) is 1. The molecule has 0 bridgehead atoms. The summed E-state index contributed by atoms with van der Waals surface area (Å²) in [5.74, 6) is 1.63. The lowest BCUT2D eigenvalue weighted by atomic mass is 9.70. The molecule has 2 heteroatoms. The lowest BCUT2D eigenvalue weighted by Gasteiger charge is -2.36. The zero-order valence-corrected chi connectivity index (χ0v) is 83.7. The van der Waals surface area contributed by atoms with E-state index in [0.717, 1.165) is 50.8 Å². The molecule has 7 aliphatic rings. The molecule has 690 valence electrons. The molecule has 15 aromatic carbocycles. The first kappa shape index (κ1) is 90.1. The molecule has 0 aromatic heterocycles. The van der Waals surface area contributed by atoms with Crippen LogP contribution in [0.15, 0.2) is 297 Å². The summed E-state index contributed by atoms with van der Waals surface area (Å²) in [6.07, 6.45) is 34.9. The van der Waals surface area contributed by atoms with Crippen LogP contribution in [0.5, 0.6) is 11.5 Å². The van der Waals surface area contributed by atoms with E-state index in [-0.39, 0.29) is 32.5 Å². The standard InChI is InChI=1S/C135H139NO/c1-13-17-21-25-29-41-76-134(75-40-28-24-20-16-4)115-53-38-34-47-103(115)111-69-59-93(83-123(111)134)89-55-65-107-109-67-57-91(81-119(109)132(9,10)117(107)79-89)95-63-73-125-127(87-95)137-128-88-96(64-74-126(128)136(125)129-99(97-61-71-105-101-45-32-36-51-113(101)130(5,6)121(105)85-97)49-44-50-100(129)98-62-72-106-102-46-33-37-52-114(102)131(7,8)122(106)86-98)92-58-68-110-108-66-56-90(80-118(108)133(11,12)120(110)82-92)94-60-70-112-104-48-35-39-54-116(104)135(124(112)84-94,77-42-30-26-22-18-14-2)78-43-31-27-23-19-15-3/h32-39,44-74,79-88H,13-31,40-43,75-78H2,1-12H3. The summed E-state index contributed by atoms with van der Waals surface area (Å²) in [7, 11) is 0. The topological polar surface area (TPSA) is 12.5 Å². The minimum absolute atomic E-state index is 0.0118. The highest BCUT2D eigenvalue weighted by Gasteiger charge is 2.47. The van der Waals surface area contributed by atoms with Gasteiger partial charge in [0.2, 0.25) is 0 Å². The fraction of sp³-hybridized carbons (Fsp3) is 0.333. The molecule has 15 aromatic rings. The normalized spacial score (nSPS) is 16.2. The summed E-state index contributed by atoms with van der Waals surface area (Å²) in [5, 5.41) is 0. The molecule has 1 atom stereocenters. The Labute approximate surface area is 818 Å². The molecule has 0 radical (unpaired) electrons. The maximum atomic E-state index is 7.79. The summed E-state index contributed by atoms with van der Waals surface area (Å²) < 4.78 is 7.79. The monoisotopic (exact) mass is 1790 g/mol. The van der Waals surface area contributed by atoms with Gasteiger partial charge in [-0.2, -0.15) is 0 Å². The Morgan fingerprint density at radius 1 is 0.182 bits per heavy atom. The third kappa shape index (κ3) is 15.3. The molecule has 0 saturated heterocycles. The number of para-hydroxylation sites is 1. The van der Waals surface area contributed by atoms with Gasteiger partial charge in [-0.25, -0.2) is 0 Å². The number of hydrogen-bond acceptors (Lipinski definition) is 2. The van der Waals surface area contributed by atoms with Crippen LogP contribution in [0.3, 0.4) is 0 Å². The minimum Gasteiger partial charge on any atom is -0.453 e. The number of hydrogen-bond donors (Lipinski definition) is 0. The van der Waals surface area contributed by atoms with Gasteiger partial charge in [0.05, 0.1) is 17.1 Å². The Morgan fingerprint density at radius 2 is 0.394 bits per heavy atom. The quantitative estimate of drug-likeness (QED) is 0.0373. The molecular weight excluding hydrogens is 1650 g/mol. The van der Waals surface area contributed by atoms with Gasteiger partial charge >= 0.3 is 0 Å². The SMILES string of the molecule is CCCCCCCCC1(CCCCCCC)c2ccccc2-c2ccc(-c3ccc4c(c3)C(C)(C)c3cc(-c5ccc6c(c5)Oc5cc(-c7ccc8c(c7)C(C)(C)c7cc(-c9ccc%10c(c9)C(CCCCCCCC)(CCCCCCCC)c9ccccc9-%10)ccc7-8)ccc5N6c5c(-c6ccc7c(c6)C(C)(C)c6ccccc6-7)cccc5-c5ccc6c(c5)C(C)(C)c5ccccc5-6)ccc3-4)cc21. The third-order valence-electron chi connectivity index (χ3n) is 34.5. The van der Waals surface area contributed by atoms with E-state index in [9.17, 15) is 0 Å². The molecule has 0 N–H and O–H groups in total. The van der Waals surface area contributed by atoms with Gasteiger partial charge in [0.15, 0.2) is 11.5 Å². The van der Waals surface area contributed by atoms with Crippen molar-refractivity contribution in [3.63, 3.8) is 0 Å². The van der Waals surface area contributed by atoms with Crippen molar-refractivity contribution in [2.24, 2.45) is 0 Å². The van der Waals surface area contributed by atoms with Crippen LogP contribution >= 0.6 is 0 Å². The second kappa shape index (κ2) is 36.4. The Bertz CT molecular complexity index is 6940. The molecule has 1 heterocycles. The number of fused-ring (bicyclic) bond motifs is 20. The lowest BCUT2D eigenvalue weighted by Crippen LogP contribution is -2.25. The molecule has 2 nitrogen and oxygen atoms in total. The van der Waals surface area contributed by atoms with E-state index < -0.39 is 0 Å². The molecule has 22 rings (SSSR count). The van der Waals surface area contributed by atoms with Crippen LogP contribution in [0, 0.1) is 0 Å². The van der Waals surface area contributed by atoms with Gasteiger partial charge in [0, 0.05) is 43.6 Å². The first-order chi connectivity index (χ1) is 66.8. The average Bonchev–Trinajstić information content (AvgIpc) is 1.64. The van der Waals surface area contributed by atoms with E-state index in [1.54, 1.807) is 22.3 Å². The third-order valence-corrected chi connectivity index (χ3v) is 34.5. The van der Waals surface area contributed by atoms with Crippen molar-refractivity contribution in [2.75, 3.05) is 4.90 Å². The zero-order valence-electron chi connectivity index (χ0n) is 83.7. The number of nitrogens with zero attached hydrogens (tertiary/aromatic N) is 1. The molecule has 0 fully saturated rings. The Morgan fingerprint density at radius 3 is 0.701 bits per heavy atom. The second-order valence-corrected chi connectivity index (χ2v) is 44.2. The molecule has 6 aliphatic carbocycles. The molecule has 0 amide bonds. The van der Waals surface area contributed by atoms with E-state index in [1.165, 1.54) is 329 Å². The van der Waals surface area contributed by atoms with Gasteiger partial charge in [0.25, 0.3) is 0 Å². The second-order valence-electron chi connectivity index (χ2n) is 44.2. The fourth-order valence-electron chi connectivity index (χ4n) is 26.8. The number of anilines is 3. The van der Waals surface area contributed by atoms with E-state index in [0.29, 0.717) is 0 Å². The van der Waals surface area contributed by atoms with Crippen LogP contribution in [0.2, 0.25) is 0 Å². The Kier molecular flexibility index (Phi) is 23.9. The Balaban J connectivity index is 0.641. The summed E-state index contributed by atoms with van der Waals surface area (Å²) >= 11 is 0. The van der Waals surface area contributed by atoms with Gasteiger partial charge in [-0.1, -0.05) is 455 Å². The smallest absolute Gasteiger partial charge is 0.152 e. The summed E-state index contributed by atoms with van der Waals surface area (Å²) in [5.41, 5.74) is 50.2. The predicted molar refractivity (Wildman–Crippen MR) is 584 cm³/mol. The maximum Gasteiger partial charge on any atom is 0.152 e. The molecule has 0 saturated carbocycles. The maximum absolute atomic E-state index is 7.79. The highest BCUT2D eigenvalue weighted by molar-refractivity contribution is 6.03. The molecule has 137 heavy (non-hydrogen) atoms. The van der Waals surface area contributed by atoms with E-state index >= 15 is 0 Å². The lowest BCUT2D eigenvalue weighted by molar-refractivity contribution is 0.398. The van der Waals surface area contributed by atoms with Crippen LogP contribution < -0.4 is 9.64 Å². The molecule has 1 unspecified atom stereocenters. The van der Waals surface area contributed by atoms with Crippen molar-refractivity contribution in [3.05, 3.63) is 364 Å². The number of benzene rings is 15. The predicted octanol–water partition coefficient (Wildman–Crippen LogP) is 39.6. The summed E-state index contributed by atoms with van der Waals surface area (Å²) in [4.78, 5) is 2.59. The minimum atomic E-state index is -0.284. The molecular formula is C135H139NO. The van der Waals surface area contributed by atoms with Crippen LogP contribution in [0.25, 0.3) is 134 Å². The van der Waals surface area contributed by atoms with Crippen LogP contribution in [-0.2, 0) is 32.5 Å². The van der Waals surface area contributed by atoms with E-state index in [1.807, 2.05) is 0 Å². The number of unbranched alkanes of at least 4 members (excludes halogenated alkanes) is 19. The zero-order chi connectivity index (χ0) is 93.7. The van der Waals surface area contributed by atoms with Crippen molar-refractivity contribution < 1.29 is 4.74 Å². The van der Waals surface area contributed by atoms with Crippen LogP contribution in [0.1, 0.15) is 323 Å². The fourth-order valence-corrected chi connectivity index (χ4v) is 26.8. The van der Waals surface area contributed by atoms with Gasteiger partial charge in [0.1, 0.15) is 0 Å². The van der Waals surface area contributed by atoms with E-state index in [4.69, 9.17) is 4.74 Å². The largest absolute Gasteiger partial charge is 0.453 e. The van der Waals surface area contributed by atoms with Crippen molar-refractivity contribution in [2.45, 2.75) is 289 Å². The summed E-state index contributed by atoms with van der Waals surface area (Å²) in [6.45, 7) is 28.9. The van der Waals surface area contributed by atoms with Crippen molar-refractivity contribution in [1.29, 1.82) is 0 Å². The van der Waals surface area contributed by atoms with Crippen LogP contribution in [0.4, 0.5) is 17.1 Å². The van der Waals surface area contributed by atoms with Crippen LogP contribution in [-0.4, -0.2) is 0 Å². The highest BCUT2D eigenvalue weighted by Crippen LogP contribution is 2.64. The van der Waals surface area contributed by atoms with Gasteiger partial charge in [-0.3, -0.25) is 0 Å². The molecule has 0 spiro atoms. The molecule has 1 aliphatic heterocycles. The highest BCUT2D eigenvalue weighted by atomic mass is 16.5. The first-order valence-corrected chi connectivity index (χ1v) is 53.3. The van der Waals surface area contributed by atoms with Crippen molar-refractivity contribution in [1.82, 2.24) is 0 Å². The van der Waals surface area contributed by atoms with Gasteiger partial charge in [-0.15, -0.1) is 0 Å². The van der Waals surface area contributed by atoms with Gasteiger partial charge in [-0.05, 0) is 288 Å². The van der Waals surface area contributed by atoms with Crippen molar-refractivity contribution >= 4 is 17.1 Å². The Hall–Kier alpha value is -12.1.